The maximum absolute atomic E-state index is 5.75. The van der Waals surface area contributed by atoms with Crippen molar-refractivity contribution in [1.82, 2.24) is 0 Å². The minimum Gasteiger partial charge on any atom is -0.375 e. The lowest BCUT2D eigenvalue weighted by Gasteiger charge is -2.30. The molecule has 0 aromatic heterocycles. The number of rotatable bonds is 3. The molecule has 0 heterocycles. The SMILES string of the molecule is CC(C)C(C)OC1CCC1. The highest BCUT2D eigenvalue weighted by molar-refractivity contribution is 4.71. The molecule has 60 valence electrons. The Morgan fingerprint density at radius 3 is 2.10 bits per heavy atom. The van der Waals surface area contributed by atoms with Crippen LogP contribution in [-0.4, -0.2) is 12.2 Å². The van der Waals surface area contributed by atoms with Crippen LogP contribution in [0.1, 0.15) is 40.0 Å². The highest BCUT2D eigenvalue weighted by Gasteiger charge is 2.21. The molecule has 10 heavy (non-hydrogen) atoms. The first-order valence-corrected chi connectivity index (χ1v) is 4.35. The van der Waals surface area contributed by atoms with E-state index in [1.165, 1.54) is 19.3 Å². The molecule has 0 bridgehead atoms. The standard InChI is InChI=1S/C9H18O/c1-7(2)8(3)10-9-5-4-6-9/h7-9H,4-6H2,1-3H3. The fourth-order valence-corrected chi connectivity index (χ4v) is 0.968. The molecule has 0 amide bonds. The smallest absolute Gasteiger partial charge is 0.0579 e. The first-order chi connectivity index (χ1) is 4.70. The third-order valence-electron chi connectivity index (χ3n) is 2.40. The van der Waals surface area contributed by atoms with Gasteiger partial charge in [0.1, 0.15) is 0 Å². The summed E-state index contributed by atoms with van der Waals surface area (Å²) in [6.45, 7) is 6.59. The summed E-state index contributed by atoms with van der Waals surface area (Å²) in [4.78, 5) is 0. The van der Waals surface area contributed by atoms with Gasteiger partial charge in [-0.05, 0) is 32.1 Å². The molecule has 0 aliphatic heterocycles. The first kappa shape index (κ1) is 8.06. The van der Waals surface area contributed by atoms with Crippen molar-refractivity contribution >= 4 is 0 Å². The lowest BCUT2D eigenvalue weighted by atomic mass is 9.95. The lowest BCUT2D eigenvalue weighted by molar-refractivity contribution is -0.0610. The van der Waals surface area contributed by atoms with Gasteiger partial charge in [0, 0.05) is 0 Å². The lowest BCUT2D eigenvalue weighted by Crippen LogP contribution is -2.28. The van der Waals surface area contributed by atoms with Gasteiger partial charge in [-0.2, -0.15) is 0 Å². The molecule has 0 aromatic rings. The third-order valence-corrected chi connectivity index (χ3v) is 2.40. The molecule has 1 nitrogen and oxygen atoms in total. The summed E-state index contributed by atoms with van der Waals surface area (Å²) in [5, 5.41) is 0. The van der Waals surface area contributed by atoms with Crippen molar-refractivity contribution in [3.05, 3.63) is 0 Å². The van der Waals surface area contributed by atoms with Crippen LogP contribution in [0.3, 0.4) is 0 Å². The van der Waals surface area contributed by atoms with Crippen molar-refractivity contribution in [2.75, 3.05) is 0 Å². The third kappa shape index (κ3) is 1.98. The molecule has 1 rings (SSSR count). The Kier molecular flexibility index (Phi) is 2.72. The van der Waals surface area contributed by atoms with Crippen LogP contribution >= 0.6 is 0 Å². The molecule has 1 atom stereocenters. The van der Waals surface area contributed by atoms with Crippen LogP contribution in [0.4, 0.5) is 0 Å². The monoisotopic (exact) mass is 142 g/mol. The molecule has 0 saturated heterocycles. The van der Waals surface area contributed by atoms with Gasteiger partial charge in [-0.25, -0.2) is 0 Å². The first-order valence-electron chi connectivity index (χ1n) is 4.35. The number of hydrogen-bond donors (Lipinski definition) is 0. The van der Waals surface area contributed by atoms with Gasteiger partial charge in [0.25, 0.3) is 0 Å². The van der Waals surface area contributed by atoms with Crippen LogP contribution in [0, 0.1) is 5.92 Å². The van der Waals surface area contributed by atoms with E-state index >= 15 is 0 Å². The van der Waals surface area contributed by atoms with E-state index in [2.05, 4.69) is 20.8 Å². The van der Waals surface area contributed by atoms with Gasteiger partial charge in [-0.1, -0.05) is 13.8 Å². The van der Waals surface area contributed by atoms with E-state index in [4.69, 9.17) is 4.74 Å². The normalized spacial score (nSPS) is 22.8. The van der Waals surface area contributed by atoms with Gasteiger partial charge in [-0.15, -0.1) is 0 Å². The van der Waals surface area contributed by atoms with E-state index in [0.29, 0.717) is 18.1 Å². The highest BCUT2D eigenvalue weighted by atomic mass is 16.5. The summed E-state index contributed by atoms with van der Waals surface area (Å²) in [5.41, 5.74) is 0. The largest absolute Gasteiger partial charge is 0.375 e. The summed E-state index contributed by atoms with van der Waals surface area (Å²) in [7, 11) is 0. The Morgan fingerprint density at radius 1 is 1.20 bits per heavy atom. The van der Waals surface area contributed by atoms with E-state index in [1.54, 1.807) is 0 Å². The molecule has 1 aliphatic rings. The average Bonchev–Trinajstić information content (AvgIpc) is 1.77. The zero-order valence-electron chi connectivity index (χ0n) is 7.26. The van der Waals surface area contributed by atoms with E-state index in [0.717, 1.165) is 0 Å². The Labute approximate surface area is 63.8 Å². The van der Waals surface area contributed by atoms with E-state index in [9.17, 15) is 0 Å². The topological polar surface area (TPSA) is 9.23 Å². The second-order valence-electron chi connectivity index (χ2n) is 3.64. The Balaban J connectivity index is 2.10. The molecule has 0 aromatic carbocycles. The molecule has 0 spiro atoms. The Morgan fingerprint density at radius 2 is 1.80 bits per heavy atom. The second-order valence-corrected chi connectivity index (χ2v) is 3.64. The predicted molar refractivity (Wildman–Crippen MR) is 43.0 cm³/mol. The van der Waals surface area contributed by atoms with Crippen LogP contribution in [0.2, 0.25) is 0 Å². The number of hydrogen-bond acceptors (Lipinski definition) is 1. The molecule has 1 unspecified atom stereocenters. The van der Waals surface area contributed by atoms with Gasteiger partial charge >= 0.3 is 0 Å². The quantitative estimate of drug-likeness (QED) is 0.588. The highest BCUT2D eigenvalue weighted by Crippen LogP contribution is 2.24. The van der Waals surface area contributed by atoms with Crippen LogP contribution < -0.4 is 0 Å². The van der Waals surface area contributed by atoms with Gasteiger partial charge in [0.15, 0.2) is 0 Å². The number of ether oxygens (including phenoxy) is 1. The Hall–Kier alpha value is -0.0400. The van der Waals surface area contributed by atoms with Crippen LogP contribution in [0.15, 0.2) is 0 Å². The minimum atomic E-state index is 0.449. The average molecular weight is 142 g/mol. The molecule has 0 radical (unpaired) electrons. The van der Waals surface area contributed by atoms with Crippen molar-refractivity contribution in [3.8, 4) is 0 Å². The van der Waals surface area contributed by atoms with Gasteiger partial charge in [0.2, 0.25) is 0 Å². The van der Waals surface area contributed by atoms with Gasteiger partial charge in [-0.3, -0.25) is 0 Å². The molecule has 1 saturated carbocycles. The zero-order chi connectivity index (χ0) is 7.56. The molecule has 1 aliphatic carbocycles. The van der Waals surface area contributed by atoms with Crippen LogP contribution in [-0.2, 0) is 4.74 Å². The summed E-state index contributed by atoms with van der Waals surface area (Å²) in [6, 6.07) is 0. The second kappa shape index (κ2) is 3.38. The minimum absolute atomic E-state index is 0.449. The fourth-order valence-electron chi connectivity index (χ4n) is 0.968. The van der Waals surface area contributed by atoms with E-state index < -0.39 is 0 Å². The maximum atomic E-state index is 5.75. The summed E-state index contributed by atoms with van der Waals surface area (Å²) >= 11 is 0. The summed E-state index contributed by atoms with van der Waals surface area (Å²) < 4.78 is 5.75. The van der Waals surface area contributed by atoms with Crippen molar-refractivity contribution in [2.45, 2.75) is 52.2 Å². The summed E-state index contributed by atoms with van der Waals surface area (Å²) in [5.74, 6) is 0.667. The van der Waals surface area contributed by atoms with E-state index in [-0.39, 0.29) is 0 Å². The van der Waals surface area contributed by atoms with Gasteiger partial charge < -0.3 is 4.74 Å². The van der Waals surface area contributed by atoms with Crippen molar-refractivity contribution in [2.24, 2.45) is 5.92 Å². The van der Waals surface area contributed by atoms with Crippen LogP contribution in [0.5, 0.6) is 0 Å². The van der Waals surface area contributed by atoms with Gasteiger partial charge in [0.05, 0.1) is 12.2 Å². The summed E-state index contributed by atoms with van der Waals surface area (Å²) in [6.07, 6.45) is 4.99. The Bertz CT molecular complexity index is 94.9. The van der Waals surface area contributed by atoms with Crippen molar-refractivity contribution in [1.29, 1.82) is 0 Å². The molecule has 1 heteroatoms. The molecular formula is C9H18O. The van der Waals surface area contributed by atoms with Crippen LogP contribution in [0.25, 0.3) is 0 Å². The molecular weight excluding hydrogens is 124 g/mol. The molecule has 0 N–H and O–H groups in total. The fraction of sp³-hybridized carbons (Fsp3) is 1.00. The predicted octanol–water partition coefficient (Wildman–Crippen LogP) is 2.60. The zero-order valence-corrected chi connectivity index (χ0v) is 7.26. The molecule has 1 fully saturated rings. The van der Waals surface area contributed by atoms with E-state index in [1.807, 2.05) is 0 Å². The maximum Gasteiger partial charge on any atom is 0.0579 e. The van der Waals surface area contributed by atoms with Crippen molar-refractivity contribution < 1.29 is 4.74 Å². The van der Waals surface area contributed by atoms with Crippen molar-refractivity contribution in [3.63, 3.8) is 0 Å².